The third-order valence-electron chi connectivity index (χ3n) is 5.86. The zero-order valence-electron chi connectivity index (χ0n) is 17.4. The highest BCUT2D eigenvalue weighted by molar-refractivity contribution is 5.65. The van der Waals surface area contributed by atoms with Crippen molar-refractivity contribution < 1.29 is 10.1 Å². The van der Waals surface area contributed by atoms with Gasteiger partial charge in [0, 0.05) is 18.0 Å². The topological polar surface area (TPSA) is 29.1 Å². The molecule has 0 spiro atoms. The summed E-state index contributed by atoms with van der Waals surface area (Å²) in [7, 11) is 4.19. The van der Waals surface area contributed by atoms with Gasteiger partial charge in [0.15, 0.2) is 11.6 Å². The van der Waals surface area contributed by atoms with Crippen LogP contribution in [0.15, 0.2) is 90.8 Å². The number of quaternary nitrogens is 1. The smallest absolute Gasteiger partial charge is 0.196 e. The van der Waals surface area contributed by atoms with Gasteiger partial charge < -0.3 is 15.0 Å². The summed E-state index contributed by atoms with van der Waals surface area (Å²) in [6, 6.07) is 27.7. The van der Waals surface area contributed by atoms with Crippen molar-refractivity contribution in [1.82, 2.24) is 0 Å². The maximum absolute atomic E-state index is 6.14. The maximum Gasteiger partial charge on any atom is 0.196 e. The van der Waals surface area contributed by atoms with Crippen LogP contribution in [0.3, 0.4) is 0 Å². The van der Waals surface area contributed by atoms with Crippen molar-refractivity contribution in [1.29, 1.82) is 0 Å². The summed E-state index contributed by atoms with van der Waals surface area (Å²) in [5.41, 5.74) is 5.10. The molecule has 0 aliphatic carbocycles. The molecule has 29 heavy (non-hydrogen) atoms. The van der Waals surface area contributed by atoms with E-state index in [1.54, 1.807) is 0 Å². The maximum atomic E-state index is 6.14. The molecule has 1 aliphatic rings. The van der Waals surface area contributed by atoms with Gasteiger partial charge in [-0.15, -0.1) is 0 Å². The van der Waals surface area contributed by atoms with Gasteiger partial charge in [0.1, 0.15) is 5.69 Å². The van der Waals surface area contributed by atoms with Crippen molar-refractivity contribution in [3.8, 4) is 5.75 Å². The van der Waals surface area contributed by atoms with Crippen molar-refractivity contribution >= 4 is 11.4 Å². The highest BCUT2D eigenvalue weighted by Crippen LogP contribution is 2.40. The molecule has 1 atom stereocenters. The zero-order valence-corrected chi connectivity index (χ0v) is 17.4. The molecule has 3 aromatic carbocycles. The third kappa shape index (κ3) is 3.92. The molecule has 0 amide bonds. The molecule has 1 heterocycles. The number of anilines is 1. The second-order valence-electron chi connectivity index (χ2n) is 7.97. The lowest BCUT2D eigenvalue weighted by molar-refractivity contribution is -0.540. The number of ether oxygens (including phenoxy) is 1. The van der Waals surface area contributed by atoms with E-state index in [4.69, 9.17) is 4.74 Å². The van der Waals surface area contributed by atoms with E-state index in [9.17, 15) is 0 Å². The second-order valence-corrected chi connectivity index (χ2v) is 7.97. The van der Waals surface area contributed by atoms with Crippen LogP contribution in [0.25, 0.3) is 0 Å². The average Bonchev–Trinajstić information content (AvgIpc) is 3.09. The fourth-order valence-corrected chi connectivity index (χ4v) is 4.23. The average molecular weight is 386 g/mol. The summed E-state index contributed by atoms with van der Waals surface area (Å²) in [6.45, 7) is 2.36. The van der Waals surface area contributed by atoms with E-state index in [0.29, 0.717) is 0 Å². The molecule has 0 saturated carbocycles. The number of nitrogens with zero attached hydrogens (tertiary/aromatic N) is 1. The van der Waals surface area contributed by atoms with Gasteiger partial charge in [-0.05, 0) is 42.7 Å². The standard InChI is InChI=1S/C26H28N2O/c1-26(19-20-11-5-4-6-12-20,21-13-7-8-14-22(21)27-2)18-17-25-28(3)23-15-9-10-16-24(23)29-25/h4-17,27H,18-19H2,1-3H3/p+1/b25-17-. The number of allylic oxidation sites excluding steroid dienone is 1. The number of benzene rings is 3. The first-order chi connectivity index (χ1) is 14.1. The number of nitrogens with two attached hydrogens (primary N) is 1. The molecular weight excluding hydrogens is 356 g/mol. The molecule has 4 rings (SSSR count). The monoisotopic (exact) mass is 385 g/mol. The lowest BCUT2D eigenvalue weighted by Crippen LogP contribution is -2.73. The van der Waals surface area contributed by atoms with Crippen molar-refractivity contribution in [3.63, 3.8) is 0 Å². The number of hydrogen-bond donors (Lipinski definition) is 1. The zero-order chi connectivity index (χ0) is 20.3. The van der Waals surface area contributed by atoms with Crippen LogP contribution >= 0.6 is 0 Å². The fraction of sp³-hybridized carbons (Fsp3) is 0.231. The highest BCUT2D eigenvalue weighted by Gasteiger charge is 2.31. The minimum Gasteiger partial charge on any atom is -0.439 e. The van der Waals surface area contributed by atoms with E-state index in [1.807, 2.05) is 12.1 Å². The van der Waals surface area contributed by atoms with Gasteiger partial charge >= 0.3 is 0 Å². The molecule has 148 valence electrons. The van der Waals surface area contributed by atoms with E-state index in [0.717, 1.165) is 30.2 Å². The van der Waals surface area contributed by atoms with Gasteiger partial charge in [0.2, 0.25) is 0 Å². The van der Waals surface area contributed by atoms with Gasteiger partial charge in [-0.3, -0.25) is 0 Å². The lowest BCUT2D eigenvalue weighted by atomic mass is 9.74. The Morgan fingerprint density at radius 2 is 1.62 bits per heavy atom. The van der Waals surface area contributed by atoms with Crippen LogP contribution in [0, 0.1) is 0 Å². The van der Waals surface area contributed by atoms with Crippen molar-refractivity contribution in [2.45, 2.75) is 25.2 Å². The van der Waals surface area contributed by atoms with Crippen LogP contribution in [0.1, 0.15) is 24.5 Å². The van der Waals surface area contributed by atoms with Gasteiger partial charge in [-0.2, -0.15) is 0 Å². The largest absolute Gasteiger partial charge is 0.439 e. The van der Waals surface area contributed by atoms with Gasteiger partial charge in [-0.1, -0.05) is 67.6 Å². The van der Waals surface area contributed by atoms with Gasteiger partial charge in [-0.25, -0.2) is 0 Å². The van der Waals surface area contributed by atoms with Crippen LogP contribution in [0.5, 0.6) is 5.75 Å². The molecule has 3 heteroatoms. The van der Waals surface area contributed by atoms with E-state index < -0.39 is 0 Å². The minimum atomic E-state index is -0.0452. The van der Waals surface area contributed by atoms with Gasteiger partial charge in [0.25, 0.3) is 0 Å². The Balaban J connectivity index is 1.68. The van der Waals surface area contributed by atoms with Crippen LogP contribution < -0.4 is 15.0 Å². The Kier molecular flexibility index (Phi) is 5.41. The molecule has 0 aromatic heterocycles. The van der Waals surface area contributed by atoms with E-state index in [2.05, 4.69) is 104 Å². The number of rotatable bonds is 6. The van der Waals surface area contributed by atoms with Crippen LogP contribution in [-0.2, 0) is 11.8 Å². The van der Waals surface area contributed by atoms with Crippen LogP contribution in [-0.4, -0.2) is 14.1 Å². The molecule has 0 fully saturated rings. The molecule has 3 aromatic rings. The summed E-state index contributed by atoms with van der Waals surface area (Å²) in [6.07, 6.45) is 4.11. The van der Waals surface area contributed by atoms with E-state index >= 15 is 0 Å². The predicted molar refractivity (Wildman–Crippen MR) is 120 cm³/mol. The first kappa shape index (κ1) is 19.3. The first-order valence-corrected chi connectivity index (χ1v) is 10.2. The Bertz CT molecular complexity index is 1010. The third-order valence-corrected chi connectivity index (χ3v) is 5.86. The number of para-hydroxylation sites is 3. The van der Waals surface area contributed by atoms with Crippen molar-refractivity contribution in [2.75, 3.05) is 19.0 Å². The summed E-state index contributed by atoms with van der Waals surface area (Å²) in [5.74, 6) is 1.83. The van der Waals surface area contributed by atoms with Crippen molar-refractivity contribution in [2.24, 2.45) is 0 Å². The summed E-state index contributed by atoms with van der Waals surface area (Å²) >= 11 is 0. The van der Waals surface area contributed by atoms with Crippen LogP contribution in [0.2, 0.25) is 0 Å². The molecule has 0 saturated heterocycles. The normalized spacial score (nSPS) is 16.4. The predicted octanol–water partition coefficient (Wildman–Crippen LogP) is 4.77. The first-order valence-electron chi connectivity index (χ1n) is 10.2. The molecule has 0 bridgehead atoms. The molecule has 2 N–H and O–H groups in total. The molecular formula is C26H29N2O+. The fourth-order valence-electron chi connectivity index (χ4n) is 4.23. The van der Waals surface area contributed by atoms with E-state index in [1.165, 1.54) is 16.8 Å². The van der Waals surface area contributed by atoms with Crippen molar-refractivity contribution in [3.05, 3.63) is 102 Å². The van der Waals surface area contributed by atoms with E-state index in [-0.39, 0.29) is 5.41 Å². The van der Waals surface area contributed by atoms with Crippen LogP contribution in [0.4, 0.5) is 11.4 Å². The quantitative estimate of drug-likeness (QED) is 0.619. The number of hydrogen-bond acceptors (Lipinski definition) is 2. The summed E-state index contributed by atoms with van der Waals surface area (Å²) in [4.78, 5) is 2.14. The summed E-state index contributed by atoms with van der Waals surface area (Å²) in [5, 5.41) is 2.21. The molecule has 1 unspecified atom stereocenters. The molecule has 0 radical (unpaired) electrons. The highest BCUT2D eigenvalue weighted by atomic mass is 16.5. The Morgan fingerprint density at radius 1 is 0.931 bits per heavy atom. The van der Waals surface area contributed by atoms with Gasteiger partial charge in [0.05, 0.1) is 12.7 Å². The SMILES string of the molecule is C[NH2+]c1ccccc1C(C)(C/C=C1\Oc2ccccc2N1C)Cc1ccccc1. The minimum absolute atomic E-state index is 0.0452. The Labute approximate surface area is 173 Å². The second kappa shape index (κ2) is 8.14. The lowest BCUT2D eigenvalue weighted by Gasteiger charge is -2.30. The molecule has 1 aliphatic heterocycles. The Hall–Kier alpha value is -3.04. The molecule has 3 nitrogen and oxygen atoms in total. The number of fused-ring (bicyclic) bond motifs is 1. The summed E-state index contributed by atoms with van der Waals surface area (Å²) < 4.78 is 6.14. The Morgan fingerprint density at radius 3 is 2.38 bits per heavy atom.